The molecule has 22 heavy (non-hydrogen) atoms. The first-order valence-electron chi connectivity index (χ1n) is 7.12. The van der Waals surface area contributed by atoms with E-state index in [2.05, 4.69) is 9.88 Å². The minimum atomic E-state index is -0.485. The Labute approximate surface area is 133 Å². The number of nitrogens with zero attached hydrogens (tertiary/aromatic N) is 2. The Morgan fingerprint density at radius 2 is 1.82 bits per heavy atom. The summed E-state index contributed by atoms with van der Waals surface area (Å²) in [5.74, 6) is -0.936. The van der Waals surface area contributed by atoms with E-state index < -0.39 is 11.7 Å². The average Bonchev–Trinajstić information content (AvgIpc) is 3.08. The summed E-state index contributed by atoms with van der Waals surface area (Å²) in [7, 11) is 0. The first-order chi connectivity index (χ1) is 10.6. The van der Waals surface area contributed by atoms with Gasteiger partial charge in [-0.05, 0) is 30.3 Å². The molecule has 0 unspecified atom stereocenters. The number of hydrogen-bond acceptors (Lipinski definition) is 3. The fraction of sp³-hybridized carbons (Fsp3) is 0.250. The van der Waals surface area contributed by atoms with Gasteiger partial charge in [0.25, 0.3) is 11.7 Å². The summed E-state index contributed by atoms with van der Waals surface area (Å²) in [6, 6.07) is 11.0. The molecule has 1 aromatic carbocycles. The van der Waals surface area contributed by atoms with Crippen molar-refractivity contribution < 1.29 is 9.59 Å². The molecule has 1 saturated heterocycles. The molecular weight excluding hydrogens is 302 g/mol. The molecular formula is C16H16ClN3O2. The number of amides is 1. The van der Waals surface area contributed by atoms with Gasteiger partial charge in [0, 0.05) is 43.1 Å². The van der Waals surface area contributed by atoms with Crippen LogP contribution in [0.25, 0.3) is 0 Å². The third kappa shape index (κ3) is 2.99. The molecule has 2 heterocycles. The van der Waals surface area contributed by atoms with E-state index in [0.29, 0.717) is 36.9 Å². The Bertz CT molecular complexity index is 676. The van der Waals surface area contributed by atoms with Crippen molar-refractivity contribution in [3.63, 3.8) is 0 Å². The van der Waals surface area contributed by atoms with Crippen LogP contribution in [0, 0.1) is 0 Å². The molecule has 1 N–H and O–H groups in total. The Kier molecular flexibility index (Phi) is 4.15. The number of anilines is 1. The van der Waals surface area contributed by atoms with Gasteiger partial charge in [-0.1, -0.05) is 17.7 Å². The lowest BCUT2D eigenvalue weighted by atomic mass is 10.2. The van der Waals surface area contributed by atoms with Crippen LogP contribution in [0.1, 0.15) is 10.5 Å². The van der Waals surface area contributed by atoms with Crippen LogP contribution >= 0.6 is 11.6 Å². The van der Waals surface area contributed by atoms with Crippen molar-refractivity contribution in [3.05, 3.63) is 53.3 Å². The van der Waals surface area contributed by atoms with Crippen molar-refractivity contribution in [2.45, 2.75) is 0 Å². The number of rotatable bonds is 3. The van der Waals surface area contributed by atoms with Crippen molar-refractivity contribution >= 4 is 29.0 Å². The van der Waals surface area contributed by atoms with Gasteiger partial charge in [-0.3, -0.25) is 9.59 Å². The molecule has 1 aliphatic rings. The predicted octanol–water partition coefficient (Wildman–Crippen LogP) is 2.20. The van der Waals surface area contributed by atoms with Crippen LogP contribution in [-0.4, -0.2) is 47.8 Å². The Hall–Kier alpha value is -2.27. The van der Waals surface area contributed by atoms with E-state index in [0.717, 1.165) is 5.69 Å². The summed E-state index contributed by atoms with van der Waals surface area (Å²) in [6.45, 7) is 2.42. The van der Waals surface area contributed by atoms with Crippen LogP contribution in [-0.2, 0) is 4.79 Å². The summed E-state index contributed by atoms with van der Waals surface area (Å²) >= 11 is 6.00. The van der Waals surface area contributed by atoms with Gasteiger partial charge in [0.15, 0.2) is 0 Å². The Morgan fingerprint density at radius 3 is 2.45 bits per heavy atom. The molecule has 2 aromatic rings. The van der Waals surface area contributed by atoms with Crippen LogP contribution in [0.5, 0.6) is 0 Å². The fourth-order valence-electron chi connectivity index (χ4n) is 2.57. The maximum Gasteiger partial charge on any atom is 0.296 e. The monoisotopic (exact) mass is 317 g/mol. The van der Waals surface area contributed by atoms with Gasteiger partial charge in [0.2, 0.25) is 0 Å². The third-order valence-corrected chi connectivity index (χ3v) is 4.01. The predicted molar refractivity (Wildman–Crippen MR) is 85.4 cm³/mol. The molecule has 1 fully saturated rings. The molecule has 5 nitrogen and oxygen atoms in total. The zero-order valence-corrected chi connectivity index (χ0v) is 12.7. The number of benzene rings is 1. The molecule has 1 aromatic heterocycles. The first-order valence-corrected chi connectivity index (χ1v) is 7.50. The molecule has 6 heteroatoms. The van der Waals surface area contributed by atoms with Gasteiger partial charge in [-0.25, -0.2) is 0 Å². The van der Waals surface area contributed by atoms with Crippen molar-refractivity contribution in [1.29, 1.82) is 0 Å². The molecule has 0 saturated carbocycles. The molecule has 114 valence electrons. The van der Waals surface area contributed by atoms with E-state index in [1.807, 2.05) is 24.3 Å². The second-order valence-electron chi connectivity index (χ2n) is 5.17. The van der Waals surface area contributed by atoms with E-state index in [1.54, 1.807) is 23.2 Å². The highest BCUT2D eigenvalue weighted by atomic mass is 35.5. The largest absolute Gasteiger partial charge is 0.368 e. The summed E-state index contributed by atoms with van der Waals surface area (Å²) in [5, 5.41) is 0.693. The second kappa shape index (κ2) is 6.23. The second-order valence-corrected chi connectivity index (χ2v) is 5.61. The average molecular weight is 318 g/mol. The number of H-pyrrole nitrogens is 1. The number of aromatic nitrogens is 1. The van der Waals surface area contributed by atoms with Crippen LogP contribution in [0.3, 0.4) is 0 Å². The van der Waals surface area contributed by atoms with E-state index in [4.69, 9.17) is 11.6 Å². The van der Waals surface area contributed by atoms with Gasteiger partial charge in [-0.15, -0.1) is 0 Å². The standard InChI is InChI=1S/C16H16ClN3O2/c17-12-3-1-4-13(11-12)19-7-9-20(10-8-19)16(22)15(21)14-5-2-6-18-14/h1-6,11,18H,7-10H2. The Balaban J connectivity index is 1.62. The van der Waals surface area contributed by atoms with E-state index in [1.165, 1.54) is 0 Å². The third-order valence-electron chi connectivity index (χ3n) is 3.78. The van der Waals surface area contributed by atoms with Gasteiger partial charge >= 0.3 is 0 Å². The molecule has 0 atom stereocenters. The number of hydrogen-bond donors (Lipinski definition) is 1. The van der Waals surface area contributed by atoms with E-state index in [9.17, 15) is 9.59 Å². The molecule has 0 spiro atoms. The van der Waals surface area contributed by atoms with Crippen LogP contribution in [0.4, 0.5) is 5.69 Å². The smallest absolute Gasteiger partial charge is 0.296 e. The van der Waals surface area contributed by atoms with E-state index >= 15 is 0 Å². The highest BCUT2D eigenvalue weighted by Crippen LogP contribution is 2.20. The molecule has 0 aliphatic carbocycles. The normalized spacial score (nSPS) is 15.0. The lowest BCUT2D eigenvalue weighted by Crippen LogP contribution is -2.50. The SMILES string of the molecule is O=C(C(=O)N1CCN(c2cccc(Cl)c2)CC1)c1ccc[nH]1. The summed E-state index contributed by atoms with van der Waals surface area (Å²) in [4.78, 5) is 30.8. The maximum absolute atomic E-state index is 12.2. The number of halogens is 1. The fourth-order valence-corrected chi connectivity index (χ4v) is 2.76. The number of piperazine rings is 1. The molecule has 1 amide bonds. The van der Waals surface area contributed by atoms with Crippen molar-refractivity contribution in [3.8, 4) is 0 Å². The first kappa shape index (κ1) is 14.7. The highest BCUT2D eigenvalue weighted by molar-refractivity contribution is 6.42. The molecule has 1 aliphatic heterocycles. The minimum absolute atomic E-state index is 0.335. The number of Topliss-reactive ketones (excluding diaryl/α,β-unsaturated/α-hetero) is 1. The van der Waals surface area contributed by atoms with Gasteiger partial charge < -0.3 is 14.8 Å². The summed E-state index contributed by atoms with van der Waals surface area (Å²) in [6.07, 6.45) is 1.64. The van der Waals surface area contributed by atoms with Crippen LogP contribution in [0.2, 0.25) is 5.02 Å². The summed E-state index contributed by atoms with van der Waals surface area (Å²) in [5.41, 5.74) is 1.37. The minimum Gasteiger partial charge on any atom is -0.368 e. The van der Waals surface area contributed by atoms with Gasteiger partial charge in [-0.2, -0.15) is 0 Å². The number of carbonyl (C=O) groups is 2. The molecule has 0 bridgehead atoms. The lowest BCUT2D eigenvalue weighted by Gasteiger charge is -2.35. The molecule has 0 radical (unpaired) electrons. The summed E-state index contributed by atoms with van der Waals surface area (Å²) < 4.78 is 0. The number of carbonyl (C=O) groups excluding carboxylic acids is 2. The lowest BCUT2D eigenvalue weighted by molar-refractivity contribution is -0.126. The Morgan fingerprint density at radius 1 is 1.05 bits per heavy atom. The highest BCUT2D eigenvalue weighted by Gasteiger charge is 2.27. The number of nitrogens with one attached hydrogen (secondary N) is 1. The van der Waals surface area contributed by atoms with Crippen molar-refractivity contribution in [2.24, 2.45) is 0 Å². The zero-order valence-electron chi connectivity index (χ0n) is 12.0. The maximum atomic E-state index is 12.2. The zero-order chi connectivity index (χ0) is 15.5. The molecule has 3 rings (SSSR count). The quantitative estimate of drug-likeness (QED) is 0.697. The van der Waals surface area contributed by atoms with Gasteiger partial charge in [0.1, 0.15) is 0 Å². The topological polar surface area (TPSA) is 56.4 Å². The van der Waals surface area contributed by atoms with Gasteiger partial charge in [0.05, 0.1) is 5.69 Å². The van der Waals surface area contributed by atoms with E-state index in [-0.39, 0.29) is 0 Å². The number of aromatic amines is 1. The number of ketones is 1. The van der Waals surface area contributed by atoms with Crippen LogP contribution in [0.15, 0.2) is 42.6 Å². The van der Waals surface area contributed by atoms with Crippen molar-refractivity contribution in [1.82, 2.24) is 9.88 Å². The van der Waals surface area contributed by atoms with Crippen LogP contribution < -0.4 is 4.90 Å². The van der Waals surface area contributed by atoms with Crippen molar-refractivity contribution in [2.75, 3.05) is 31.1 Å².